The first kappa shape index (κ1) is 14.3. The van der Waals surface area contributed by atoms with Gasteiger partial charge in [-0.2, -0.15) is 0 Å². The third-order valence-electron chi connectivity index (χ3n) is 3.18. The van der Waals surface area contributed by atoms with Crippen molar-refractivity contribution in [3.8, 4) is 5.75 Å². The molecule has 0 aliphatic rings. The molecule has 0 atom stereocenters. The van der Waals surface area contributed by atoms with E-state index in [0.29, 0.717) is 6.61 Å². The lowest BCUT2D eigenvalue weighted by Crippen LogP contribution is -2.15. The highest BCUT2D eigenvalue weighted by atomic mass is 16.5. The molecule has 0 saturated carbocycles. The van der Waals surface area contributed by atoms with Crippen LogP contribution in [0.4, 0.5) is 0 Å². The Labute approximate surface area is 119 Å². The summed E-state index contributed by atoms with van der Waals surface area (Å²) in [6.45, 7) is 1.69. The van der Waals surface area contributed by atoms with E-state index in [-0.39, 0.29) is 5.84 Å². The zero-order valence-corrected chi connectivity index (χ0v) is 12.0. The number of nitrogen functional groups attached to an aromatic ring is 1. The average Bonchev–Trinajstić information content (AvgIpc) is 2.43. The highest BCUT2D eigenvalue weighted by Crippen LogP contribution is 2.28. The standard InChI is InChI=1S/C16H21N3O/c1-19(2)10-5-11-20-15-9-8-14(16(17)18)12-6-3-4-7-13(12)15/h3-4,6-9H,5,10-11H2,1-2H3,(H3,17,18). The molecule has 0 aromatic heterocycles. The van der Waals surface area contributed by atoms with Crippen LogP contribution >= 0.6 is 0 Å². The molecular formula is C16H21N3O. The SMILES string of the molecule is CN(C)CCCOc1ccc(C(=N)N)c2ccccc12. The van der Waals surface area contributed by atoms with Gasteiger partial charge in [0.2, 0.25) is 0 Å². The fourth-order valence-corrected chi connectivity index (χ4v) is 2.20. The summed E-state index contributed by atoms with van der Waals surface area (Å²) < 4.78 is 5.87. The summed E-state index contributed by atoms with van der Waals surface area (Å²) >= 11 is 0. The summed E-state index contributed by atoms with van der Waals surface area (Å²) in [5, 5.41) is 9.60. The maximum Gasteiger partial charge on any atom is 0.127 e. The van der Waals surface area contributed by atoms with E-state index in [9.17, 15) is 0 Å². The number of nitrogens with zero attached hydrogens (tertiary/aromatic N) is 1. The number of nitrogens with two attached hydrogens (primary N) is 1. The topological polar surface area (TPSA) is 62.3 Å². The van der Waals surface area contributed by atoms with Crippen LogP contribution in [-0.4, -0.2) is 38.0 Å². The van der Waals surface area contributed by atoms with Crippen molar-refractivity contribution in [2.45, 2.75) is 6.42 Å². The molecule has 2 rings (SSSR count). The lowest BCUT2D eigenvalue weighted by Gasteiger charge is -2.13. The van der Waals surface area contributed by atoms with E-state index in [4.69, 9.17) is 15.9 Å². The van der Waals surface area contributed by atoms with E-state index >= 15 is 0 Å². The number of ether oxygens (including phenoxy) is 1. The Morgan fingerprint density at radius 1 is 1.15 bits per heavy atom. The summed E-state index contributed by atoms with van der Waals surface area (Å²) in [5.74, 6) is 0.935. The predicted molar refractivity (Wildman–Crippen MR) is 83.6 cm³/mol. The smallest absolute Gasteiger partial charge is 0.127 e. The largest absolute Gasteiger partial charge is 0.493 e. The molecular weight excluding hydrogens is 250 g/mol. The number of rotatable bonds is 6. The van der Waals surface area contributed by atoms with Crippen LogP contribution in [0.5, 0.6) is 5.75 Å². The van der Waals surface area contributed by atoms with Gasteiger partial charge in [-0.1, -0.05) is 24.3 Å². The number of hydrogen-bond donors (Lipinski definition) is 2. The number of fused-ring (bicyclic) bond motifs is 1. The minimum Gasteiger partial charge on any atom is -0.493 e. The van der Waals surface area contributed by atoms with Gasteiger partial charge in [-0.25, -0.2) is 0 Å². The monoisotopic (exact) mass is 271 g/mol. The molecule has 0 bridgehead atoms. The van der Waals surface area contributed by atoms with E-state index in [2.05, 4.69) is 19.0 Å². The minimum atomic E-state index is 0.0837. The fourth-order valence-electron chi connectivity index (χ4n) is 2.20. The van der Waals surface area contributed by atoms with Gasteiger partial charge < -0.3 is 15.4 Å². The summed E-state index contributed by atoms with van der Waals surface area (Å²) in [4.78, 5) is 2.14. The van der Waals surface area contributed by atoms with Crippen LogP contribution in [-0.2, 0) is 0 Å². The van der Waals surface area contributed by atoms with Crippen LogP contribution in [0.25, 0.3) is 10.8 Å². The van der Waals surface area contributed by atoms with Crippen molar-refractivity contribution in [1.29, 1.82) is 5.41 Å². The summed E-state index contributed by atoms with van der Waals surface area (Å²) in [5.41, 5.74) is 6.37. The lowest BCUT2D eigenvalue weighted by molar-refractivity contribution is 0.284. The first-order valence-corrected chi connectivity index (χ1v) is 6.73. The van der Waals surface area contributed by atoms with Gasteiger partial charge in [-0.15, -0.1) is 0 Å². The number of amidine groups is 1. The van der Waals surface area contributed by atoms with Crippen LogP contribution in [0.1, 0.15) is 12.0 Å². The molecule has 4 heteroatoms. The van der Waals surface area contributed by atoms with E-state index in [1.54, 1.807) is 0 Å². The van der Waals surface area contributed by atoms with Crippen molar-refractivity contribution in [2.24, 2.45) is 5.73 Å². The maximum absolute atomic E-state index is 7.63. The van der Waals surface area contributed by atoms with E-state index < -0.39 is 0 Å². The Balaban J connectivity index is 2.22. The fraction of sp³-hybridized carbons (Fsp3) is 0.312. The zero-order chi connectivity index (χ0) is 14.5. The molecule has 20 heavy (non-hydrogen) atoms. The van der Waals surface area contributed by atoms with Gasteiger partial charge in [0.05, 0.1) is 6.61 Å². The predicted octanol–water partition coefficient (Wildman–Crippen LogP) is 2.45. The zero-order valence-electron chi connectivity index (χ0n) is 12.0. The Morgan fingerprint density at radius 2 is 1.85 bits per heavy atom. The number of benzene rings is 2. The molecule has 0 saturated heterocycles. The van der Waals surface area contributed by atoms with Crippen LogP contribution in [0.2, 0.25) is 0 Å². The van der Waals surface area contributed by atoms with Gasteiger partial charge in [0.15, 0.2) is 0 Å². The van der Waals surface area contributed by atoms with Gasteiger partial charge in [0, 0.05) is 17.5 Å². The van der Waals surface area contributed by atoms with Crippen LogP contribution in [0.15, 0.2) is 36.4 Å². The molecule has 0 aliphatic heterocycles. The summed E-state index contributed by atoms with van der Waals surface area (Å²) in [6.07, 6.45) is 0.982. The molecule has 0 unspecified atom stereocenters. The van der Waals surface area contributed by atoms with Gasteiger partial charge in [-0.05, 0) is 38.0 Å². The third-order valence-corrected chi connectivity index (χ3v) is 3.18. The molecule has 106 valence electrons. The second kappa shape index (κ2) is 6.39. The molecule has 0 radical (unpaired) electrons. The normalized spacial score (nSPS) is 10.9. The second-order valence-corrected chi connectivity index (χ2v) is 5.08. The Bertz CT molecular complexity index is 608. The Kier molecular flexibility index (Phi) is 4.58. The van der Waals surface area contributed by atoms with Crippen molar-refractivity contribution in [3.63, 3.8) is 0 Å². The average molecular weight is 271 g/mol. The van der Waals surface area contributed by atoms with Gasteiger partial charge in [0.1, 0.15) is 11.6 Å². The van der Waals surface area contributed by atoms with Crippen molar-refractivity contribution < 1.29 is 4.74 Å². The lowest BCUT2D eigenvalue weighted by atomic mass is 10.0. The van der Waals surface area contributed by atoms with Crippen molar-refractivity contribution in [3.05, 3.63) is 42.0 Å². The molecule has 0 spiro atoms. The van der Waals surface area contributed by atoms with Crippen molar-refractivity contribution >= 4 is 16.6 Å². The van der Waals surface area contributed by atoms with Crippen LogP contribution in [0, 0.1) is 5.41 Å². The molecule has 2 aromatic carbocycles. The number of nitrogens with one attached hydrogen (secondary N) is 1. The molecule has 0 fully saturated rings. The Hall–Kier alpha value is -2.07. The maximum atomic E-state index is 7.63. The van der Waals surface area contributed by atoms with Gasteiger partial charge >= 0.3 is 0 Å². The highest BCUT2D eigenvalue weighted by Gasteiger charge is 2.08. The molecule has 3 N–H and O–H groups in total. The highest BCUT2D eigenvalue weighted by molar-refractivity contribution is 6.09. The first-order valence-electron chi connectivity index (χ1n) is 6.73. The first-order chi connectivity index (χ1) is 9.59. The Morgan fingerprint density at radius 3 is 2.50 bits per heavy atom. The quantitative estimate of drug-likeness (QED) is 0.482. The molecule has 2 aromatic rings. The van der Waals surface area contributed by atoms with E-state index in [1.807, 2.05) is 36.4 Å². The van der Waals surface area contributed by atoms with Gasteiger partial charge in [-0.3, -0.25) is 5.41 Å². The van der Waals surface area contributed by atoms with Crippen molar-refractivity contribution in [2.75, 3.05) is 27.2 Å². The van der Waals surface area contributed by atoms with Crippen LogP contribution < -0.4 is 10.5 Å². The molecule has 0 amide bonds. The summed E-state index contributed by atoms with van der Waals surface area (Å²) in [7, 11) is 4.11. The molecule has 0 heterocycles. The molecule has 0 aliphatic carbocycles. The van der Waals surface area contributed by atoms with Crippen LogP contribution in [0.3, 0.4) is 0 Å². The number of hydrogen-bond acceptors (Lipinski definition) is 3. The van der Waals surface area contributed by atoms with E-state index in [1.165, 1.54) is 0 Å². The minimum absolute atomic E-state index is 0.0837. The van der Waals surface area contributed by atoms with E-state index in [0.717, 1.165) is 35.1 Å². The van der Waals surface area contributed by atoms with Gasteiger partial charge in [0.25, 0.3) is 0 Å². The summed E-state index contributed by atoms with van der Waals surface area (Å²) in [6, 6.07) is 11.6. The third kappa shape index (κ3) is 3.27. The second-order valence-electron chi connectivity index (χ2n) is 5.08. The molecule has 4 nitrogen and oxygen atoms in total. The van der Waals surface area contributed by atoms with Crippen molar-refractivity contribution in [1.82, 2.24) is 4.90 Å².